The van der Waals surface area contributed by atoms with Gasteiger partial charge < -0.3 is 10.7 Å². The fourth-order valence-electron chi connectivity index (χ4n) is 0.859. The van der Waals surface area contributed by atoms with Gasteiger partial charge in [-0.15, -0.1) is 0 Å². The topological polar surface area (TPSA) is 58.9 Å². The Morgan fingerprint density at radius 2 is 2.33 bits per heavy atom. The van der Waals surface area contributed by atoms with E-state index in [1.807, 2.05) is 6.92 Å². The lowest BCUT2D eigenvalue weighted by Crippen LogP contribution is -2.06. The molecule has 0 radical (unpaired) electrons. The third-order valence-electron chi connectivity index (χ3n) is 1.44. The molecule has 0 saturated heterocycles. The van der Waals surface area contributed by atoms with Crippen molar-refractivity contribution in [3.63, 3.8) is 0 Å². The summed E-state index contributed by atoms with van der Waals surface area (Å²) in [5.74, 6) is 5.58. The molecule has 0 aromatic carbocycles. The molecule has 0 unspecified atom stereocenters. The van der Waals surface area contributed by atoms with Gasteiger partial charge in [0.25, 0.3) is 0 Å². The molecule has 0 aliphatic carbocycles. The van der Waals surface area contributed by atoms with Crippen LogP contribution in [0.25, 0.3) is 0 Å². The smallest absolute Gasteiger partial charge is 0.248 e. The summed E-state index contributed by atoms with van der Waals surface area (Å²) >= 11 is 0. The van der Waals surface area contributed by atoms with Gasteiger partial charge in [-0.05, 0) is 13.0 Å². The quantitative estimate of drug-likeness (QED) is 0.527. The number of nitrogens with two attached hydrogens (primary N) is 1. The van der Waals surface area contributed by atoms with Gasteiger partial charge in [0.2, 0.25) is 5.56 Å². The number of aryl methyl sites for hydroxylation is 1. The van der Waals surface area contributed by atoms with Gasteiger partial charge in [0.05, 0.1) is 6.54 Å². The molecule has 0 atom stereocenters. The summed E-state index contributed by atoms with van der Waals surface area (Å²) in [5, 5.41) is 0. The van der Waals surface area contributed by atoms with E-state index in [0.717, 1.165) is 11.3 Å². The van der Waals surface area contributed by atoms with Crippen molar-refractivity contribution in [1.29, 1.82) is 0 Å². The Kier molecular flexibility index (Phi) is 2.67. The molecule has 3 N–H and O–H groups in total. The molecule has 1 aromatic heterocycles. The minimum Gasteiger partial charge on any atom is -0.325 e. The third-order valence-corrected chi connectivity index (χ3v) is 1.44. The van der Waals surface area contributed by atoms with E-state index in [1.165, 1.54) is 6.07 Å². The molecule has 62 valence electrons. The summed E-state index contributed by atoms with van der Waals surface area (Å²) in [6.45, 7) is 2.14. The van der Waals surface area contributed by atoms with Gasteiger partial charge in [-0.3, -0.25) is 4.79 Å². The average Bonchev–Trinajstić information content (AvgIpc) is 2.03. The standard InChI is InChI=1S/C9H10N2O/c1-7-8(3-2-6-10)4-5-9(12)11-7/h4-5H,6,10H2,1H3,(H,11,12). The Balaban J connectivity index is 3.10. The first-order chi connectivity index (χ1) is 5.74. The first-order valence-corrected chi connectivity index (χ1v) is 3.63. The summed E-state index contributed by atoms with van der Waals surface area (Å²) in [6.07, 6.45) is 0. The summed E-state index contributed by atoms with van der Waals surface area (Å²) in [4.78, 5) is 13.4. The van der Waals surface area contributed by atoms with Crippen LogP contribution in [0.4, 0.5) is 0 Å². The number of nitrogens with one attached hydrogen (secondary N) is 1. The Labute approximate surface area is 70.6 Å². The lowest BCUT2D eigenvalue weighted by Gasteiger charge is -1.94. The Bertz CT molecular complexity index is 381. The second-order valence-electron chi connectivity index (χ2n) is 2.37. The largest absolute Gasteiger partial charge is 0.325 e. The van der Waals surface area contributed by atoms with Gasteiger partial charge in [0.15, 0.2) is 0 Å². The molecule has 3 nitrogen and oxygen atoms in total. The fourth-order valence-corrected chi connectivity index (χ4v) is 0.859. The number of aromatic nitrogens is 1. The minimum atomic E-state index is -0.106. The molecular formula is C9H10N2O. The van der Waals surface area contributed by atoms with Gasteiger partial charge in [-0.2, -0.15) is 0 Å². The molecule has 0 fully saturated rings. The lowest BCUT2D eigenvalue weighted by molar-refractivity contribution is 1.13. The van der Waals surface area contributed by atoms with Crippen molar-refractivity contribution < 1.29 is 0 Å². The van der Waals surface area contributed by atoms with Crippen molar-refractivity contribution in [3.05, 3.63) is 33.7 Å². The van der Waals surface area contributed by atoms with Crippen LogP contribution in [0.5, 0.6) is 0 Å². The van der Waals surface area contributed by atoms with Crippen molar-refractivity contribution in [3.8, 4) is 11.8 Å². The molecule has 1 rings (SSSR count). The monoisotopic (exact) mass is 162 g/mol. The Morgan fingerprint density at radius 1 is 1.58 bits per heavy atom. The summed E-state index contributed by atoms with van der Waals surface area (Å²) in [7, 11) is 0. The Hall–Kier alpha value is -1.53. The van der Waals surface area contributed by atoms with E-state index >= 15 is 0 Å². The number of aromatic amines is 1. The maximum absolute atomic E-state index is 10.8. The molecule has 12 heavy (non-hydrogen) atoms. The molecule has 1 aromatic rings. The molecule has 1 heterocycles. The van der Waals surface area contributed by atoms with Gasteiger partial charge in [-0.1, -0.05) is 11.8 Å². The van der Waals surface area contributed by atoms with E-state index in [2.05, 4.69) is 16.8 Å². The van der Waals surface area contributed by atoms with Crippen LogP contribution < -0.4 is 11.3 Å². The molecule has 0 bridgehead atoms. The zero-order chi connectivity index (χ0) is 8.97. The molecule has 0 spiro atoms. The SMILES string of the molecule is Cc1[nH]c(=O)ccc1C#CCN. The highest BCUT2D eigenvalue weighted by Crippen LogP contribution is 1.97. The van der Waals surface area contributed by atoms with E-state index in [-0.39, 0.29) is 5.56 Å². The Morgan fingerprint density at radius 3 is 2.92 bits per heavy atom. The van der Waals surface area contributed by atoms with Crippen LogP contribution in [-0.4, -0.2) is 11.5 Å². The first kappa shape index (κ1) is 8.57. The van der Waals surface area contributed by atoms with E-state index in [0.29, 0.717) is 6.54 Å². The maximum Gasteiger partial charge on any atom is 0.248 e. The van der Waals surface area contributed by atoms with E-state index in [9.17, 15) is 4.79 Å². The third kappa shape index (κ3) is 1.97. The van der Waals surface area contributed by atoms with E-state index in [4.69, 9.17) is 5.73 Å². The summed E-state index contributed by atoms with van der Waals surface area (Å²) < 4.78 is 0. The zero-order valence-corrected chi connectivity index (χ0v) is 6.85. The molecule has 3 heteroatoms. The van der Waals surface area contributed by atoms with Crippen LogP contribution in [0, 0.1) is 18.8 Å². The second-order valence-corrected chi connectivity index (χ2v) is 2.37. The van der Waals surface area contributed by atoms with Crippen LogP contribution in [0.15, 0.2) is 16.9 Å². The van der Waals surface area contributed by atoms with E-state index in [1.54, 1.807) is 6.07 Å². The van der Waals surface area contributed by atoms with Crippen LogP contribution in [-0.2, 0) is 0 Å². The van der Waals surface area contributed by atoms with E-state index < -0.39 is 0 Å². The fraction of sp³-hybridized carbons (Fsp3) is 0.222. The highest BCUT2D eigenvalue weighted by molar-refractivity contribution is 5.36. The molecular weight excluding hydrogens is 152 g/mol. The van der Waals surface area contributed by atoms with Crippen molar-refractivity contribution in [1.82, 2.24) is 4.98 Å². The van der Waals surface area contributed by atoms with Crippen molar-refractivity contribution in [2.24, 2.45) is 5.73 Å². The lowest BCUT2D eigenvalue weighted by atomic mass is 10.2. The number of pyridine rings is 1. The predicted octanol–water partition coefficient (Wildman–Crippen LogP) is -0.00648. The van der Waals surface area contributed by atoms with Gasteiger partial charge in [0.1, 0.15) is 0 Å². The average molecular weight is 162 g/mol. The van der Waals surface area contributed by atoms with Crippen LogP contribution in [0.2, 0.25) is 0 Å². The normalized spacial score (nSPS) is 8.83. The molecule has 0 saturated carbocycles. The van der Waals surface area contributed by atoms with Crippen LogP contribution in [0.1, 0.15) is 11.3 Å². The summed E-state index contributed by atoms with van der Waals surface area (Å²) in [6, 6.07) is 3.14. The van der Waals surface area contributed by atoms with Crippen molar-refractivity contribution in [2.45, 2.75) is 6.92 Å². The number of hydrogen-bond acceptors (Lipinski definition) is 2. The highest BCUT2D eigenvalue weighted by atomic mass is 16.1. The zero-order valence-electron chi connectivity index (χ0n) is 6.85. The van der Waals surface area contributed by atoms with Gasteiger partial charge in [0, 0.05) is 17.3 Å². The van der Waals surface area contributed by atoms with Crippen molar-refractivity contribution in [2.75, 3.05) is 6.54 Å². The molecule has 0 aliphatic heterocycles. The van der Waals surface area contributed by atoms with Gasteiger partial charge >= 0.3 is 0 Å². The van der Waals surface area contributed by atoms with Crippen LogP contribution in [0.3, 0.4) is 0 Å². The summed E-state index contributed by atoms with van der Waals surface area (Å²) in [5.41, 5.74) is 6.71. The number of hydrogen-bond donors (Lipinski definition) is 2. The maximum atomic E-state index is 10.8. The minimum absolute atomic E-state index is 0.106. The van der Waals surface area contributed by atoms with Crippen molar-refractivity contribution >= 4 is 0 Å². The van der Waals surface area contributed by atoms with Gasteiger partial charge in [-0.25, -0.2) is 0 Å². The number of rotatable bonds is 0. The van der Waals surface area contributed by atoms with Crippen LogP contribution >= 0.6 is 0 Å². The highest BCUT2D eigenvalue weighted by Gasteiger charge is 1.92. The predicted molar refractivity (Wildman–Crippen MR) is 47.7 cm³/mol. The number of H-pyrrole nitrogens is 1. The second kappa shape index (κ2) is 3.74. The molecule has 0 amide bonds. The molecule has 0 aliphatic rings. The first-order valence-electron chi connectivity index (χ1n) is 3.63.